The van der Waals surface area contributed by atoms with Gasteiger partial charge in [-0.2, -0.15) is 15.0 Å². The molecule has 0 unspecified atom stereocenters. The van der Waals surface area contributed by atoms with Gasteiger partial charge in [0, 0.05) is 48.2 Å². The fourth-order valence-electron chi connectivity index (χ4n) is 2.72. The van der Waals surface area contributed by atoms with Gasteiger partial charge < -0.3 is 33.2 Å². The maximum absolute atomic E-state index is 11.1. The number of nitrogens with zero attached hydrogens (tertiary/aromatic N) is 6. The third-order valence-electron chi connectivity index (χ3n) is 4.21. The van der Waals surface area contributed by atoms with Gasteiger partial charge in [-0.05, 0) is 12.8 Å². The summed E-state index contributed by atoms with van der Waals surface area (Å²) in [6.45, 7) is 5.22. The van der Waals surface area contributed by atoms with Crippen LogP contribution in [0.5, 0.6) is 0 Å². The van der Waals surface area contributed by atoms with E-state index in [-0.39, 0.29) is 40.4 Å². The van der Waals surface area contributed by atoms with Crippen molar-refractivity contribution in [3.63, 3.8) is 0 Å². The number of ether oxygens (including phenoxy) is 7. The van der Waals surface area contributed by atoms with Gasteiger partial charge in [-0.25, -0.2) is 4.79 Å². The molecule has 0 fully saturated rings. The van der Waals surface area contributed by atoms with E-state index in [9.17, 15) is 4.79 Å². The van der Waals surface area contributed by atoms with Crippen LogP contribution in [0.3, 0.4) is 0 Å². The maximum atomic E-state index is 11.1. The van der Waals surface area contributed by atoms with Crippen LogP contribution in [0.1, 0.15) is 12.8 Å². The second kappa shape index (κ2) is 18.7. The van der Waals surface area contributed by atoms with Crippen molar-refractivity contribution in [1.29, 1.82) is 0 Å². The standard InChI is InChI=1S/C21H38N6O8/c1-7-18(28)35-11-9-8-10-34-17-27(16-33-6)21-23-19(25(12-29-2)13-30-3)22-20(24-21)26(14-31-4)15-32-5/h7H,1,8-17H2,2-6H3. The lowest BCUT2D eigenvalue weighted by Gasteiger charge is -2.27. The molecule has 0 N–H and O–H groups in total. The van der Waals surface area contributed by atoms with Crippen molar-refractivity contribution in [1.82, 2.24) is 15.0 Å². The van der Waals surface area contributed by atoms with E-state index >= 15 is 0 Å². The molecule has 0 aliphatic rings. The van der Waals surface area contributed by atoms with Crippen LogP contribution in [0.15, 0.2) is 12.7 Å². The Balaban J connectivity index is 3.04. The molecule has 1 aromatic heterocycles. The molecule has 200 valence electrons. The Bertz CT molecular complexity index is 683. The summed E-state index contributed by atoms with van der Waals surface area (Å²) in [5.41, 5.74) is 0. The molecule has 0 aliphatic heterocycles. The van der Waals surface area contributed by atoms with Crippen molar-refractivity contribution in [3.05, 3.63) is 12.7 Å². The van der Waals surface area contributed by atoms with Crippen LogP contribution < -0.4 is 14.7 Å². The van der Waals surface area contributed by atoms with E-state index in [1.54, 1.807) is 50.2 Å². The Morgan fingerprint density at radius 3 is 1.43 bits per heavy atom. The lowest BCUT2D eigenvalue weighted by atomic mass is 10.3. The van der Waals surface area contributed by atoms with Crippen LogP contribution in [-0.2, 0) is 38.0 Å². The molecule has 14 nitrogen and oxygen atoms in total. The summed E-state index contributed by atoms with van der Waals surface area (Å²) in [6, 6.07) is 0. The number of methoxy groups -OCH3 is 5. The number of carbonyl (C=O) groups excluding carboxylic acids is 1. The molecular formula is C21H38N6O8. The second-order valence-corrected chi connectivity index (χ2v) is 7.06. The predicted octanol–water partition coefficient (Wildman–Crippen LogP) is 0.794. The lowest BCUT2D eigenvalue weighted by molar-refractivity contribution is -0.137. The molecule has 1 rings (SSSR count). The third kappa shape index (κ3) is 11.6. The van der Waals surface area contributed by atoms with Gasteiger partial charge in [-0.3, -0.25) is 14.7 Å². The van der Waals surface area contributed by atoms with E-state index < -0.39 is 5.97 Å². The summed E-state index contributed by atoms with van der Waals surface area (Å²) in [4.78, 5) is 29.9. The van der Waals surface area contributed by atoms with E-state index in [1.807, 2.05) is 0 Å². The molecule has 0 saturated heterocycles. The number of aromatic nitrogens is 3. The van der Waals surface area contributed by atoms with Crippen molar-refractivity contribution >= 4 is 23.8 Å². The average molecular weight is 503 g/mol. The largest absolute Gasteiger partial charge is 0.463 e. The maximum Gasteiger partial charge on any atom is 0.330 e. The van der Waals surface area contributed by atoms with Crippen LogP contribution in [0.2, 0.25) is 0 Å². The fraction of sp³-hybridized carbons (Fsp3) is 0.714. The Morgan fingerprint density at radius 2 is 1.06 bits per heavy atom. The normalized spacial score (nSPS) is 10.8. The molecule has 0 saturated carbocycles. The van der Waals surface area contributed by atoms with Crippen molar-refractivity contribution < 1.29 is 38.0 Å². The topological polar surface area (TPSA) is 130 Å². The molecule has 1 heterocycles. The van der Waals surface area contributed by atoms with E-state index in [2.05, 4.69) is 21.5 Å². The van der Waals surface area contributed by atoms with E-state index in [4.69, 9.17) is 33.2 Å². The first kappa shape index (κ1) is 30.4. The van der Waals surface area contributed by atoms with Gasteiger partial charge in [0.05, 0.1) is 6.61 Å². The van der Waals surface area contributed by atoms with Gasteiger partial charge >= 0.3 is 5.97 Å². The molecule has 0 aliphatic carbocycles. The van der Waals surface area contributed by atoms with Gasteiger partial charge in [-0.15, -0.1) is 0 Å². The minimum Gasteiger partial charge on any atom is -0.463 e. The Morgan fingerprint density at radius 1 is 0.686 bits per heavy atom. The summed E-state index contributed by atoms with van der Waals surface area (Å²) in [5.74, 6) is 0.541. The number of esters is 1. The van der Waals surface area contributed by atoms with E-state index in [0.717, 1.165) is 6.08 Å². The van der Waals surface area contributed by atoms with Gasteiger partial charge in [0.25, 0.3) is 0 Å². The average Bonchev–Trinajstić information content (AvgIpc) is 2.86. The predicted molar refractivity (Wildman–Crippen MR) is 128 cm³/mol. The van der Waals surface area contributed by atoms with Crippen molar-refractivity contribution in [2.24, 2.45) is 0 Å². The summed E-state index contributed by atoms with van der Waals surface area (Å²) >= 11 is 0. The molecule has 1 aromatic rings. The smallest absolute Gasteiger partial charge is 0.330 e. The molecule has 14 heteroatoms. The van der Waals surface area contributed by atoms with Crippen molar-refractivity contribution in [3.8, 4) is 0 Å². The first-order valence-corrected chi connectivity index (χ1v) is 10.9. The third-order valence-corrected chi connectivity index (χ3v) is 4.21. The summed E-state index contributed by atoms with van der Waals surface area (Å²) in [7, 11) is 7.83. The van der Waals surface area contributed by atoms with Crippen LogP contribution in [-0.4, -0.2) is 110 Å². The fourth-order valence-corrected chi connectivity index (χ4v) is 2.72. The number of anilines is 3. The highest BCUT2D eigenvalue weighted by Crippen LogP contribution is 2.20. The monoisotopic (exact) mass is 502 g/mol. The zero-order chi connectivity index (χ0) is 25.9. The van der Waals surface area contributed by atoms with E-state index in [1.165, 1.54) is 0 Å². The molecule has 35 heavy (non-hydrogen) atoms. The Labute approximate surface area is 206 Å². The van der Waals surface area contributed by atoms with Crippen LogP contribution in [0, 0.1) is 0 Å². The minimum absolute atomic E-state index is 0.159. The highest BCUT2D eigenvalue weighted by atomic mass is 16.5. The molecule has 0 aromatic carbocycles. The molecule has 0 bridgehead atoms. The number of carbonyl (C=O) groups is 1. The summed E-state index contributed by atoms with van der Waals surface area (Å²) < 4.78 is 37.2. The van der Waals surface area contributed by atoms with Crippen LogP contribution >= 0.6 is 0 Å². The molecular weight excluding hydrogens is 464 g/mol. The Kier molecular flexibility index (Phi) is 16.2. The molecule has 0 amide bonds. The van der Waals surface area contributed by atoms with Crippen molar-refractivity contribution in [2.45, 2.75) is 12.8 Å². The highest BCUT2D eigenvalue weighted by molar-refractivity contribution is 5.81. The highest BCUT2D eigenvalue weighted by Gasteiger charge is 2.21. The van der Waals surface area contributed by atoms with Gasteiger partial charge in [0.15, 0.2) is 0 Å². The first-order valence-electron chi connectivity index (χ1n) is 10.9. The van der Waals surface area contributed by atoms with Gasteiger partial charge in [0.2, 0.25) is 17.8 Å². The molecule has 0 atom stereocenters. The van der Waals surface area contributed by atoms with Crippen LogP contribution in [0.4, 0.5) is 17.8 Å². The number of hydrogen-bond acceptors (Lipinski definition) is 14. The number of unbranched alkanes of at least 4 members (excludes halogenated alkanes) is 1. The van der Waals surface area contributed by atoms with Crippen molar-refractivity contribution in [2.75, 3.05) is 104 Å². The summed E-state index contributed by atoms with van der Waals surface area (Å²) in [5, 5.41) is 0. The minimum atomic E-state index is -0.439. The zero-order valence-electron chi connectivity index (χ0n) is 21.3. The lowest BCUT2D eigenvalue weighted by Crippen LogP contribution is -2.36. The SMILES string of the molecule is C=CC(=O)OCCCCOCN(COC)c1nc(N(COC)COC)nc(N(COC)COC)n1. The van der Waals surface area contributed by atoms with E-state index in [0.29, 0.717) is 43.9 Å². The number of rotatable bonds is 21. The molecule has 0 spiro atoms. The second-order valence-electron chi connectivity index (χ2n) is 7.06. The van der Waals surface area contributed by atoms with Gasteiger partial charge in [-0.1, -0.05) is 6.58 Å². The van der Waals surface area contributed by atoms with Gasteiger partial charge in [0.1, 0.15) is 40.4 Å². The Hall–Kier alpha value is -2.62. The molecule has 0 radical (unpaired) electrons. The zero-order valence-corrected chi connectivity index (χ0v) is 21.3. The van der Waals surface area contributed by atoms with Crippen LogP contribution in [0.25, 0.3) is 0 Å². The first-order chi connectivity index (χ1) is 17.0. The summed E-state index contributed by atoms with van der Waals surface area (Å²) in [6.07, 6.45) is 2.50. The number of hydrogen-bond donors (Lipinski definition) is 0. The quantitative estimate of drug-likeness (QED) is 0.102.